The van der Waals surface area contributed by atoms with Gasteiger partial charge in [0.1, 0.15) is 0 Å². The van der Waals surface area contributed by atoms with E-state index in [1.165, 1.54) is 11.3 Å². The van der Waals surface area contributed by atoms with Crippen molar-refractivity contribution in [2.45, 2.75) is 32.4 Å². The lowest BCUT2D eigenvalue weighted by atomic mass is 10.1. The van der Waals surface area contributed by atoms with Crippen LogP contribution in [0.15, 0.2) is 48.5 Å². The second kappa shape index (κ2) is 9.81. The molecular weight excluding hydrogens is 422 g/mol. The minimum atomic E-state index is -3.55. The third-order valence-corrected chi connectivity index (χ3v) is 6.90. The van der Waals surface area contributed by atoms with E-state index < -0.39 is 10.0 Å². The number of amides is 1. The van der Waals surface area contributed by atoms with E-state index >= 15 is 0 Å². The zero-order valence-corrected chi connectivity index (χ0v) is 18.9. The highest BCUT2D eigenvalue weighted by Crippen LogP contribution is 2.31. The fourth-order valence-electron chi connectivity index (χ4n) is 3.77. The maximum Gasteiger partial charge on any atom is 0.235 e. The van der Waals surface area contributed by atoms with Crippen molar-refractivity contribution in [3.05, 3.63) is 64.7 Å². The Kier molecular flexibility index (Phi) is 7.39. The summed E-state index contributed by atoms with van der Waals surface area (Å²) in [5.41, 5.74) is 3.29. The van der Waals surface area contributed by atoms with E-state index in [4.69, 9.17) is 11.6 Å². The van der Waals surface area contributed by atoms with E-state index in [-0.39, 0.29) is 19.0 Å². The quantitative estimate of drug-likeness (QED) is 0.597. The molecule has 1 heterocycles. The van der Waals surface area contributed by atoms with E-state index in [0.29, 0.717) is 23.2 Å². The summed E-state index contributed by atoms with van der Waals surface area (Å²) in [6.07, 6.45) is 2.92. The molecule has 2 aromatic carbocycles. The predicted octanol–water partition coefficient (Wildman–Crippen LogP) is 3.06. The Hall–Kier alpha value is -2.09. The Morgan fingerprint density at radius 1 is 1.20 bits per heavy atom. The molecule has 1 aliphatic heterocycles. The van der Waals surface area contributed by atoms with E-state index in [1.807, 2.05) is 6.07 Å². The normalized spacial score (nSPS) is 16.0. The maximum atomic E-state index is 12.4. The van der Waals surface area contributed by atoms with Crippen molar-refractivity contribution in [1.82, 2.24) is 9.62 Å². The summed E-state index contributed by atoms with van der Waals surface area (Å²) < 4.78 is 25.4. The summed E-state index contributed by atoms with van der Waals surface area (Å²) in [6.45, 7) is 3.38. The predicted molar refractivity (Wildman–Crippen MR) is 121 cm³/mol. The van der Waals surface area contributed by atoms with Crippen LogP contribution in [0.25, 0.3) is 0 Å². The molecule has 1 unspecified atom stereocenters. The third kappa shape index (κ3) is 5.74. The fourth-order valence-corrected chi connectivity index (χ4v) is 4.69. The van der Waals surface area contributed by atoms with E-state index in [9.17, 15) is 13.2 Å². The van der Waals surface area contributed by atoms with Crippen LogP contribution >= 0.6 is 11.6 Å². The highest BCUT2D eigenvalue weighted by molar-refractivity contribution is 7.88. The average molecular weight is 450 g/mol. The number of fused-ring (bicyclic) bond motifs is 1. The number of carbonyl (C=O) groups excluding carboxylic acids is 1. The van der Waals surface area contributed by atoms with Gasteiger partial charge in [0, 0.05) is 36.4 Å². The van der Waals surface area contributed by atoms with Crippen LogP contribution in [0.2, 0.25) is 5.02 Å². The van der Waals surface area contributed by atoms with Crippen LogP contribution < -0.4 is 10.2 Å². The number of carbonyl (C=O) groups is 1. The highest BCUT2D eigenvalue weighted by Gasteiger charge is 2.25. The molecule has 1 N–H and O–H groups in total. The van der Waals surface area contributed by atoms with Crippen LogP contribution in [-0.4, -0.2) is 50.6 Å². The van der Waals surface area contributed by atoms with Crippen LogP contribution in [0.4, 0.5) is 5.69 Å². The lowest BCUT2D eigenvalue weighted by molar-refractivity contribution is -0.121. The zero-order chi connectivity index (χ0) is 21.7. The number of benzene rings is 2. The van der Waals surface area contributed by atoms with Gasteiger partial charge in [0.15, 0.2) is 0 Å². The van der Waals surface area contributed by atoms with E-state index in [1.54, 1.807) is 24.3 Å². The van der Waals surface area contributed by atoms with Crippen LogP contribution in [-0.2, 0) is 27.8 Å². The van der Waals surface area contributed by atoms with Crippen molar-refractivity contribution in [2.75, 3.05) is 30.8 Å². The SMILES string of the molecule is CC1Cc2ccccc2N1CCCNC(=O)CN(Cc1ccccc1Cl)S(C)(=O)=O. The minimum absolute atomic E-state index is 0.0635. The van der Waals surface area contributed by atoms with Gasteiger partial charge in [0.25, 0.3) is 0 Å². The molecule has 0 saturated carbocycles. The van der Waals surface area contributed by atoms with Crippen LogP contribution in [0.5, 0.6) is 0 Å². The molecule has 0 aromatic heterocycles. The number of nitrogens with one attached hydrogen (secondary N) is 1. The number of hydrogen-bond donors (Lipinski definition) is 1. The van der Waals surface area contributed by atoms with Gasteiger partial charge in [0.2, 0.25) is 15.9 Å². The van der Waals surface area contributed by atoms with Gasteiger partial charge < -0.3 is 10.2 Å². The summed E-state index contributed by atoms with van der Waals surface area (Å²) in [7, 11) is -3.55. The standard InChI is InChI=1S/C22H28ClN3O3S/c1-17-14-18-8-4-6-11-21(18)26(17)13-7-12-24-22(27)16-25(30(2,28)29)15-19-9-3-5-10-20(19)23/h3-6,8-11,17H,7,12-16H2,1-2H3,(H,24,27). The molecule has 0 aliphatic carbocycles. The lowest BCUT2D eigenvalue weighted by Gasteiger charge is -2.25. The number of nitrogens with zero attached hydrogens (tertiary/aromatic N) is 2. The molecule has 8 heteroatoms. The second-order valence-corrected chi connectivity index (χ2v) is 10.1. The molecule has 1 aliphatic rings. The van der Waals surface area contributed by atoms with E-state index in [2.05, 4.69) is 35.3 Å². The van der Waals surface area contributed by atoms with Crippen molar-refractivity contribution in [2.24, 2.45) is 0 Å². The third-order valence-electron chi connectivity index (χ3n) is 5.34. The highest BCUT2D eigenvalue weighted by atomic mass is 35.5. The Morgan fingerprint density at radius 2 is 1.90 bits per heavy atom. The van der Waals surface area contributed by atoms with Crippen LogP contribution in [0.1, 0.15) is 24.5 Å². The number of rotatable bonds is 9. The largest absolute Gasteiger partial charge is 0.368 e. The second-order valence-electron chi connectivity index (χ2n) is 7.70. The Balaban J connectivity index is 1.50. The Labute approximate surface area is 183 Å². The van der Waals surface area contributed by atoms with Crippen molar-refractivity contribution in [3.63, 3.8) is 0 Å². The first-order chi connectivity index (χ1) is 14.3. The molecule has 1 amide bonds. The molecule has 30 heavy (non-hydrogen) atoms. The summed E-state index contributed by atoms with van der Waals surface area (Å²) in [6, 6.07) is 15.9. The molecule has 3 rings (SSSR count). The van der Waals surface area contributed by atoms with Gasteiger partial charge in [-0.3, -0.25) is 4.79 Å². The molecule has 162 valence electrons. The number of sulfonamides is 1. The Morgan fingerprint density at radius 3 is 2.63 bits per heavy atom. The van der Waals surface area contributed by atoms with Crippen molar-refractivity contribution < 1.29 is 13.2 Å². The van der Waals surface area contributed by atoms with Gasteiger partial charge in [-0.25, -0.2) is 8.42 Å². The van der Waals surface area contributed by atoms with Crippen molar-refractivity contribution in [1.29, 1.82) is 0 Å². The molecule has 6 nitrogen and oxygen atoms in total. The molecule has 0 spiro atoms. The first-order valence-corrected chi connectivity index (χ1v) is 12.3. The number of para-hydroxylation sites is 1. The topological polar surface area (TPSA) is 69.7 Å². The zero-order valence-electron chi connectivity index (χ0n) is 17.3. The summed E-state index contributed by atoms with van der Waals surface area (Å²) in [5.74, 6) is -0.317. The molecule has 2 aromatic rings. The Bertz CT molecular complexity index is 997. The van der Waals surface area contributed by atoms with Crippen molar-refractivity contribution >= 4 is 33.2 Å². The molecule has 0 radical (unpaired) electrons. The minimum Gasteiger partial charge on any atom is -0.368 e. The molecule has 0 bridgehead atoms. The molecular formula is C22H28ClN3O3S. The fraction of sp³-hybridized carbons (Fsp3) is 0.409. The van der Waals surface area contributed by atoms with Gasteiger partial charge in [-0.15, -0.1) is 0 Å². The van der Waals surface area contributed by atoms with E-state index in [0.717, 1.165) is 29.9 Å². The van der Waals surface area contributed by atoms with Crippen LogP contribution in [0.3, 0.4) is 0 Å². The van der Waals surface area contributed by atoms with Gasteiger partial charge >= 0.3 is 0 Å². The molecule has 0 saturated heterocycles. The van der Waals surface area contributed by atoms with Gasteiger partial charge in [-0.2, -0.15) is 4.31 Å². The molecule has 0 fully saturated rings. The summed E-state index contributed by atoms with van der Waals surface area (Å²) >= 11 is 6.14. The monoisotopic (exact) mass is 449 g/mol. The number of halogens is 1. The van der Waals surface area contributed by atoms with Crippen LogP contribution in [0, 0.1) is 0 Å². The first-order valence-electron chi connectivity index (χ1n) is 10.1. The first kappa shape index (κ1) is 22.6. The summed E-state index contributed by atoms with van der Waals surface area (Å²) in [4.78, 5) is 14.7. The molecule has 1 atom stereocenters. The maximum absolute atomic E-state index is 12.4. The smallest absolute Gasteiger partial charge is 0.235 e. The summed E-state index contributed by atoms with van der Waals surface area (Å²) in [5, 5.41) is 3.32. The van der Waals surface area contributed by atoms with Gasteiger partial charge in [-0.1, -0.05) is 48.0 Å². The average Bonchev–Trinajstić information content (AvgIpc) is 3.01. The number of hydrogen-bond acceptors (Lipinski definition) is 4. The van der Waals surface area contributed by atoms with Crippen molar-refractivity contribution in [3.8, 4) is 0 Å². The lowest BCUT2D eigenvalue weighted by Crippen LogP contribution is -2.41. The van der Waals surface area contributed by atoms with Gasteiger partial charge in [-0.05, 0) is 43.0 Å². The van der Waals surface area contributed by atoms with Gasteiger partial charge in [0.05, 0.1) is 12.8 Å². The number of anilines is 1.